The molecule has 0 fully saturated rings. The number of hydrogen-bond donors (Lipinski definition) is 3. The molecule has 156 valence electrons. The summed E-state index contributed by atoms with van der Waals surface area (Å²) in [6, 6.07) is 20.4. The van der Waals surface area contributed by atoms with Crippen LogP contribution in [0.3, 0.4) is 0 Å². The highest BCUT2D eigenvalue weighted by Crippen LogP contribution is 2.30. The molecule has 2 aromatic carbocycles. The summed E-state index contributed by atoms with van der Waals surface area (Å²) in [4.78, 5) is 9.30. The third-order valence-corrected chi connectivity index (χ3v) is 4.94. The molecule has 1 aliphatic rings. The van der Waals surface area contributed by atoms with Crippen molar-refractivity contribution < 1.29 is 9.84 Å². The Labute approximate surface area is 176 Å². The fraction of sp³-hybridized carbons (Fsp3) is 0.304. The molecule has 1 aromatic heterocycles. The van der Waals surface area contributed by atoms with Gasteiger partial charge in [0.05, 0.1) is 13.2 Å². The molecule has 2 heterocycles. The van der Waals surface area contributed by atoms with Crippen LogP contribution in [0.5, 0.6) is 0 Å². The molecule has 0 unspecified atom stereocenters. The summed E-state index contributed by atoms with van der Waals surface area (Å²) in [5.74, 6) is 0.816. The maximum absolute atomic E-state index is 9.97. The van der Waals surface area contributed by atoms with E-state index >= 15 is 0 Å². The first kappa shape index (κ1) is 20.1. The number of rotatable bonds is 8. The maximum Gasteiger partial charge on any atom is 0.292 e. The summed E-state index contributed by atoms with van der Waals surface area (Å²) in [6.45, 7) is 2.62. The monoisotopic (exact) mass is 405 g/mol. The number of para-hydroxylation sites is 1. The van der Waals surface area contributed by atoms with E-state index in [-0.39, 0.29) is 12.6 Å². The molecule has 0 saturated heterocycles. The van der Waals surface area contributed by atoms with E-state index in [2.05, 4.69) is 39.7 Å². The van der Waals surface area contributed by atoms with Gasteiger partial charge in [0.15, 0.2) is 6.17 Å². The number of aliphatic imine (C=N–C) groups is 1. The van der Waals surface area contributed by atoms with E-state index in [0.717, 1.165) is 29.2 Å². The van der Waals surface area contributed by atoms with Gasteiger partial charge in [-0.15, -0.1) is 0 Å². The quantitative estimate of drug-likeness (QED) is 0.536. The van der Waals surface area contributed by atoms with Crippen molar-refractivity contribution in [3.63, 3.8) is 0 Å². The number of anilines is 1. The van der Waals surface area contributed by atoms with Crippen LogP contribution in [0.4, 0.5) is 5.82 Å². The van der Waals surface area contributed by atoms with Gasteiger partial charge in [-0.2, -0.15) is 0 Å². The third kappa shape index (κ3) is 4.53. The van der Waals surface area contributed by atoms with Gasteiger partial charge in [-0.05, 0) is 30.5 Å². The molecule has 3 N–H and O–H groups in total. The molecule has 2 atom stereocenters. The lowest BCUT2D eigenvalue weighted by Crippen LogP contribution is -2.39. The van der Waals surface area contributed by atoms with E-state index in [1.807, 2.05) is 53.1 Å². The van der Waals surface area contributed by atoms with Crippen molar-refractivity contribution in [1.29, 1.82) is 0 Å². The first-order valence-corrected chi connectivity index (χ1v) is 10.3. The van der Waals surface area contributed by atoms with Gasteiger partial charge in [-0.1, -0.05) is 55.5 Å². The van der Waals surface area contributed by atoms with Gasteiger partial charge in [0.2, 0.25) is 0 Å². The van der Waals surface area contributed by atoms with Crippen molar-refractivity contribution in [2.75, 3.05) is 18.5 Å². The molecule has 4 rings (SSSR count). The van der Waals surface area contributed by atoms with Crippen LogP contribution in [0.2, 0.25) is 0 Å². The van der Waals surface area contributed by atoms with E-state index in [1.165, 1.54) is 0 Å². The van der Waals surface area contributed by atoms with Crippen molar-refractivity contribution in [3.8, 4) is 5.69 Å². The van der Waals surface area contributed by atoms with E-state index < -0.39 is 6.17 Å². The Balaban J connectivity index is 1.61. The fourth-order valence-corrected chi connectivity index (χ4v) is 3.47. The van der Waals surface area contributed by atoms with Crippen LogP contribution in [0.25, 0.3) is 5.69 Å². The van der Waals surface area contributed by atoms with Crippen LogP contribution in [0, 0.1) is 0 Å². The van der Waals surface area contributed by atoms with Crippen LogP contribution >= 0.6 is 0 Å². The molecule has 0 radical (unpaired) electrons. The Hall–Kier alpha value is -3.16. The molecular weight excluding hydrogens is 378 g/mol. The summed E-state index contributed by atoms with van der Waals surface area (Å²) in [7, 11) is 0. The van der Waals surface area contributed by atoms with Crippen molar-refractivity contribution >= 4 is 11.8 Å². The maximum atomic E-state index is 9.97. The van der Waals surface area contributed by atoms with Crippen molar-refractivity contribution in [1.82, 2.24) is 14.9 Å². The molecule has 30 heavy (non-hydrogen) atoms. The van der Waals surface area contributed by atoms with E-state index in [0.29, 0.717) is 19.0 Å². The summed E-state index contributed by atoms with van der Waals surface area (Å²) in [5.41, 5.74) is 2.92. The molecule has 0 saturated carbocycles. The first-order valence-electron chi connectivity index (χ1n) is 10.3. The zero-order valence-electron chi connectivity index (χ0n) is 17.0. The number of aliphatic hydroxyl groups excluding tert-OH is 1. The number of nitrogens with one attached hydrogen (secondary N) is 2. The molecule has 3 aromatic rings. The molecule has 0 aliphatic carbocycles. The zero-order chi connectivity index (χ0) is 20.8. The van der Waals surface area contributed by atoms with Crippen molar-refractivity contribution in [2.45, 2.75) is 32.0 Å². The molecular formula is C23H27N5O2. The summed E-state index contributed by atoms with van der Waals surface area (Å²) in [5, 5.41) is 16.7. The number of benzene rings is 2. The Morgan fingerprint density at radius 2 is 1.87 bits per heavy atom. The molecule has 7 heteroatoms. The average molecular weight is 406 g/mol. The molecule has 0 bridgehead atoms. The number of nitrogens with zero attached hydrogens (tertiary/aromatic N) is 3. The summed E-state index contributed by atoms with van der Waals surface area (Å²) >= 11 is 0. The number of ether oxygens (including phenoxy) is 1. The SMILES string of the molecule is CCCOC1=N[C@@H](N[C@@H](CO)Cc2ccccc2)c2ncn(-c3ccccc3)c2N1. The lowest BCUT2D eigenvalue weighted by atomic mass is 10.1. The van der Waals surface area contributed by atoms with Crippen molar-refractivity contribution in [3.05, 3.63) is 78.2 Å². The van der Waals surface area contributed by atoms with Crippen LogP contribution in [-0.4, -0.2) is 39.9 Å². The van der Waals surface area contributed by atoms with Crippen LogP contribution in [0.1, 0.15) is 30.8 Å². The molecule has 1 aliphatic heterocycles. The number of amidine groups is 1. The minimum Gasteiger partial charge on any atom is -0.465 e. The highest BCUT2D eigenvalue weighted by molar-refractivity contribution is 5.91. The van der Waals surface area contributed by atoms with Crippen LogP contribution in [0.15, 0.2) is 72.0 Å². The summed E-state index contributed by atoms with van der Waals surface area (Å²) in [6.07, 6.45) is 2.94. The normalized spacial score (nSPS) is 16.3. The lowest BCUT2D eigenvalue weighted by Gasteiger charge is -2.26. The number of aliphatic hydroxyl groups is 1. The predicted molar refractivity (Wildman–Crippen MR) is 118 cm³/mol. The lowest BCUT2D eigenvalue weighted by molar-refractivity contribution is 0.228. The Kier molecular flexibility index (Phi) is 6.41. The van der Waals surface area contributed by atoms with Gasteiger partial charge in [-0.25, -0.2) is 9.98 Å². The Morgan fingerprint density at radius 1 is 1.13 bits per heavy atom. The minimum absolute atomic E-state index is 0.00573. The predicted octanol–water partition coefficient (Wildman–Crippen LogP) is 3.27. The molecule has 0 amide bonds. The van der Waals surface area contributed by atoms with Gasteiger partial charge in [0.25, 0.3) is 6.02 Å². The Bertz CT molecular complexity index is 972. The second-order valence-electron chi connectivity index (χ2n) is 7.23. The second-order valence-corrected chi connectivity index (χ2v) is 7.23. The minimum atomic E-state index is -0.418. The number of aromatic nitrogens is 2. The van der Waals surface area contributed by atoms with E-state index in [1.54, 1.807) is 6.33 Å². The highest BCUT2D eigenvalue weighted by atomic mass is 16.5. The molecule has 0 spiro atoms. The third-order valence-electron chi connectivity index (χ3n) is 4.94. The van der Waals surface area contributed by atoms with Crippen molar-refractivity contribution in [2.24, 2.45) is 4.99 Å². The average Bonchev–Trinajstić information content (AvgIpc) is 3.23. The Morgan fingerprint density at radius 3 is 2.57 bits per heavy atom. The number of imidazole rings is 1. The van der Waals surface area contributed by atoms with E-state index in [4.69, 9.17) is 4.74 Å². The topological polar surface area (TPSA) is 83.7 Å². The van der Waals surface area contributed by atoms with Crippen LogP contribution < -0.4 is 10.6 Å². The van der Waals surface area contributed by atoms with Gasteiger partial charge in [-0.3, -0.25) is 15.2 Å². The molecule has 7 nitrogen and oxygen atoms in total. The summed E-state index contributed by atoms with van der Waals surface area (Å²) < 4.78 is 7.79. The smallest absolute Gasteiger partial charge is 0.292 e. The zero-order valence-corrected chi connectivity index (χ0v) is 17.0. The van der Waals surface area contributed by atoms with Crippen LogP contribution in [-0.2, 0) is 11.2 Å². The number of hydrogen-bond acceptors (Lipinski definition) is 6. The van der Waals surface area contributed by atoms with Gasteiger partial charge >= 0.3 is 0 Å². The highest BCUT2D eigenvalue weighted by Gasteiger charge is 2.29. The standard InChI is InChI=1S/C23H27N5O2/c1-2-13-30-23-26-21(25-18(15-29)14-17-9-5-3-6-10-17)20-22(27-23)28(16-24-20)19-11-7-4-8-12-19/h3-12,16,18,21,25,29H,2,13-15H2,1H3,(H,26,27)/t18-,21-/m1/s1. The van der Waals surface area contributed by atoms with Gasteiger partial charge < -0.3 is 9.84 Å². The largest absolute Gasteiger partial charge is 0.465 e. The first-order chi connectivity index (χ1) is 14.8. The number of fused-ring (bicyclic) bond motifs is 1. The second kappa shape index (κ2) is 9.56. The van der Waals surface area contributed by atoms with E-state index in [9.17, 15) is 5.11 Å². The fourth-order valence-electron chi connectivity index (χ4n) is 3.47. The van der Waals surface area contributed by atoms with Gasteiger partial charge in [0.1, 0.15) is 17.8 Å². The van der Waals surface area contributed by atoms with Gasteiger partial charge in [0, 0.05) is 11.7 Å².